The van der Waals surface area contributed by atoms with Gasteiger partial charge in [-0.25, -0.2) is 4.79 Å². The SMILES string of the molecule is Br.CCCCCCCCCCCCCCCCOc1c(NC(=O)Nc2ccc(CN3C=CSC3)cc2)cccc1C(C)=O. The summed E-state index contributed by atoms with van der Waals surface area (Å²) in [6, 6.07) is 12.8. The van der Waals surface area contributed by atoms with Crippen LogP contribution in [0, 0.1) is 0 Å². The van der Waals surface area contributed by atoms with Crippen LogP contribution in [0.5, 0.6) is 5.75 Å². The fourth-order valence-corrected chi connectivity index (χ4v) is 5.87. The lowest BCUT2D eigenvalue weighted by Crippen LogP contribution is -2.20. The summed E-state index contributed by atoms with van der Waals surface area (Å²) in [4.78, 5) is 27.3. The number of halogens is 1. The number of hydrogen-bond acceptors (Lipinski definition) is 5. The average Bonchev–Trinajstić information content (AvgIpc) is 3.49. The Hall–Kier alpha value is -2.45. The van der Waals surface area contributed by atoms with E-state index in [1.54, 1.807) is 30.0 Å². The molecule has 0 aromatic heterocycles. The van der Waals surface area contributed by atoms with Crippen molar-refractivity contribution in [2.45, 2.75) is 110 Å². The molecule has 2 N–H and O–H groups in total. The Bertz CT molecular complexity index is 1110. The van der Waals surface area contributed by atoms with E-state index in [0.717, 1.165) is 25.3 Å². The molecule has 0 aliphatic carbocycles. The largest absolute Gasteiger partial charge is 0.491 e. The highest BCUT2D eigenvalue weighted by Gasteiger charge is 2.16. The van der Waals surface area contributed by atoms with E-state index in [-0.39, 0.29) is 28.8 Å². The van der Waals surface area contributed by atoms with Crippen LogP contribution in [0.4, 0.5) is 16.2 Å². The summed E-state index contributed by atoms with van der Waals surface area (Å²) in [5.41, 5.74) is 2.87. The number of nitrogens with one attached hydrogen (secondary N) is 2. The van der Waals surface area contributed by atoms with Crippen molar-refractivity contribution in [2.75, 3.05) is 23.1 Å². The van der Waals surface area contributed by atoms with E-state index in [4.69, 9.17) is 4.74 Å². The molecule has 6 nitrogen and oxygen atoms in total. The molecule has 0 saturated carbocycles. The van der Waals surface area contributed by atoms with Crippen LogP contribution in [0.15, 0.2) is 54.1 Å². The van der Waals surface area contributed by atoms with Crippen molar-refractivity contribution in [1.82, 2.24) is 4.90 Å². The molecule has 2 amide bonds. The van der Waals surface area contributed by atoms with Crippen molar-refractivity contribution >= 4 is 51.9 Å². The lowest BCUT2D eigenvalue weighted by Gasteiger charge is -2.16. The number of Topliss-reactive ketones (excluding diaryl/α,β-unsaturated/α-hetero) is 1. The normalized spacial score (nSPS) is 12.2. The van der Waals surface area contributed by atoms with E-state index in [2.05, 4.69) is 34.1 Å². The van der Waals surface area contributed by atoms with Gasteiger partial charge in [-0.1, -0.05) is 109 Å². The minimum atomic E-state index is -0.372. The number of benzene rings is 2. The van der Waals surface area contributed by atoms with E-state index < -0.39 is 0 Å². The van der Waals surface area contributed by atoms with E-state index in [1.165, 1.54) is 89.5 Å². The molecule has 0 radical (unpaired) electrons. The first-order valence-corrected chi connectivity index (χ1v) is 17.1. The van der Waals surface area contributed by atoms with Gasteiger partial charge in [-0.2, -0.15) is 0 Å². The van der Waals surface area contributed by atoms with E-state index >= 15 is 0 Å². The molecule has 0 atom stereocenters. The molecule has 1 aliphatic heterocycles. The van der Waals surface area contributed by atoms with Gasteiger partial charge in [0.1, 0.15) is 0 Å². The third kappa shape index (κ3) is 14.7. The zero-order valence-corrected chi connectivity index (χ0v) is 28.7. The Morgan fingerprint density at radius 1 is 0.814 bits per heavy atom. The van der Waals surface area contributed by atoms with Crippen LogP contribution in [-0.2, 0) is 6.54 Å². The number of carbonyl (C=O) groups excluding carboxylic acids is 2. The Morgan fingerprint density at radius 2 is 1.42 bits per heavy atom. The van der Waals surface area contributed by atoms with Crippen molar-refractivity contribution in [3.8, 4) is 5.75 Å². The standard InChI is InChI=1S/C35H51N3O3S.BrH/c1-3-4-5-6-7-8-9-10-11-12-13-14-15-16-25-41-34-32(29(2)39)18-17-19-33(34)37-35(40)36-31-22-20-30(21-23-31)27-38-24-26-42-28-38;/h17-24,26H,3-16,25,27-28H2,1-2H3,(H2,36,37,40);1H. The number of amides is 2. The second kappa shape index (κ2) is 22.1. The van der Waals surface area contributed by atoms with E-state index in [1.807, 2.05) is 24.3 Å². The molecule has 0 bridgehead atoms. The van der Waals surface area contributed by atoms with Gasteiger partial charge in [0.15, 0.2) is 11.5 Å². The molecule has 1 heterocycles. The maximum Gasteiger partial charge on any atom is 0.323 e. The monoisotopic (exact) mass is 673 g/mol. The van der Waals surface area contributed by atoms with Gasteiger partial charge in [-0.3, -0.25) is 4.79 Å². The maximum absolute atomic E-state index is 12.8. The summed E-state index contributed by atoms with van der Waals surface area (Å²) in [5, 5.41) is 7.87. The molecule has 1 aliphatic rings. The topological polar surface area (TPSA) is 70.7 Å². The van der Waals surface area contributed by atoms with Gasteiger partial charge < -0.3 is 20.3 Å². The molecular weight excluding hydrogens is 622 g/mol. The summed E-state index contributed by atoms with van der Waals surface area (Å²) in [6.45, 7) is 5.15. The molecule has 0 saturated heterocycles. The van der Waals surface area contributed by atoms with Crippen molar-refractivity contribution < 1.29 is 14.3 Å². The van der Waals surface area contributed by atoms with Crippen LogP contribution >= 0.6 is 28.7 Å². The van der Waals surface area contributed by atoms with Crippen molar-refractivity contribution in [3.05, 3.63) is 65.2 Å². The average molecular weight is 675 g/mol. The Kier molecular flexibility index (Phi) is 18.9. The number of urea groups is 1. The minimum absolute atomic E-state index is 0. The second-order valence-electron chi connectivity index (χ2n) is 11.3. The summed E-state index contributed by atoms with van der Waals surface area (Å²) < 4.78 is 6.09. The molecule has 0 fully saturated rings. The van der Waals surface area contributed by atoms with Gasteiger partial charge in [0.25, 0.3) is 0 Å². The van der Waals surface area contributed by atoms with Crippen LogP contribution in [0.3, 0.4) is 0 Å². The van der Waals surface area contributed by atoms with Crippen molar-refractivity contribution in [2.24, 2.45) is 0 Å². The Balaban J connectivity index is 0.00000645. The number of thioether (sulfide) groups is 1. The second-order valence-corrected chi connectivity index (χ2v) is 12.2. The Labute approximate surface area is 274 Å². The van der Waals surface area contributed by atoms with Gasteiger partial charge in [-0.05, 0) is 48.6 Å². The number of ether oxygens (including phenoxy) is 1. The molecule has 2 aromatic rings. The number of para-hydroxylation sites is 1. The van der Waals surface area contributed by atoms with Gasteiger partial charge in [0.2, 0.25) is 0 Å². The number of nitrogens with zero attached hydrogens (tertiary/aromatic N) is 1. The molecule has 238 valence electrons. The molecule has 43 heavy (non-hydrogen) atoms. The van der Waals surface area contributed by atoms with E-state index in [0.29, 0.717) is 29.3 Å². The van der Waals surface area contributed by atoms with Crippen LogP contribution in [0.2, 0.25) is 0 Å². The minimum Gasteiger partial charge on any atom is -0.491 e. The van der Waals surface area contributed by atoms with Gasteiger partial charge in [0, 0.05) is 18.4 Å². The van der Waals surface area contributed by atoms with Crippen LogP contribution in [0.1, 0.15) is 120 Å². The molecule has 0 unspecified atom stereocenters. The van der Waals surface area contributed by atoms with Crippen molar-refractivity contribution in [1.29, 1.82) is 0 Å². The lowest BCUT2D eigenvalue weighted by atomic mass is 10.0. The first-order valence-electron chi connectivity index (χ1n) is 16.0. The zero-order chi connectivity index (χ0) is 29.8. The fourth-order valence-electron chi connectivity index (χ4n) is 5.16. The fraction of sp³-hybridized carbons (Fsp3) is 0.543. The summed E-state index contributed by atoms with van der Waals surface area (Å²) in [5.74, 6) is 1.32. The lowest BCUT2D eigenvalue weighted by molar-refractivity contribution is 0.101. The predicted molar refractivity (Wildman–Crippen MR) is 189 cm³/mol. The first kappa shape index (κ1) is 36.7. The Morgan fingerprint density at radius 3 is 1.98 bits per heavy atom. The molecule has 2 aromatic carbocycles. The zero-order valence-electron chi connectivity index (χ0n) is 26.2. The molecular formula is C35H52BrN3O3S. The van der Waals surface area contributed by atoms with Gasteiger partial charge in [0.05, 0.1) is 23.7 Å². The predicted octanol–water partition coefficient (Wildman–Crippen LogP) is 10.9. The van der Waals surface area contributed by atoms with Crippen molar-refractivity contribution in [3.63, 3.8) is 0 Å². The number of ketones is 1. The third-order valence-corrected chi connectivity index (χ3v) is 8.39. The first-order chi connectivity index (χ1) is 20.6. The highest BCUT2D eigenvalue weighted by molar-refractivity contribution is 8.93. The van der Waals surface area contributed by atoms with Crippen LogP contribution < -0.4 is 15.4 Å². The summed E-state index contributed by atoms with van der Waals surface area (Å²) >= 11 is 1.78. The summed E-state index contributed by atoms with van der Waals surface area (Å²) in [6.07, 6.45) is 20.3. The van der Waals surface area contributed by atoms with Crippen LogP contribution in [0.25, 0.3) is 0 Å². The van der Waals surface area contributed by atoms with Gasteiger partial charge >= 0.3 is 6.03 Å². The molecule has 3 rings (SSSR count). The number of carbonyl (C=O) groups is 2. The third-order valence-electron chi connectivity index (χ3n) is 7.59. The molecule has 8 heteroatoms. The molecule has 0 spiro atoms. The highest BCUT2D eigenvalue weighted by Crippen LogP contribution is 2.30. The summed E-state index contributed by atoms with van der Waals surface area (Å²) in [7, 11) is 0. The maximum atomic E-state index is 12.8. The number of unbranched alkanes of at least 4 members (excludes halogenated alkanes) is 13. The smallest absolute Gasteiger partial charge is 0.323 e. The van der Waals surface area contributed by atoms with Gasteiger partial charge in [-0.15, -0.1) is 28.7 Å². The van der Waals surface area contributed by atoms with E-state index in [9.17, 15) is 9.59 Å². The number of rotatable bonds is 21. The highest BCUT2D eigenvalue weighted by atomic mass is 79.9. The quantitative estimate of drug-likeness (QED) is 0.102. The van der Waals surface area contributed by atoms with Crippen LogP contribution in [-0.4, -0.2) is 29.2 Å². The number of anilines is 2. The number of hydrogen-bond donors (Lipinski definition) is 2.